The van der Waals surface area contributed by atoms with Crippen molar-refractivity contribution in [2.75, 3.05) is 24.9 Å². The van der Waals surface area contributed by atoms with Gasteiger partial charge in [0.2, 0.25) is 5.91 Å². The molecule has 0 fully saturated rings. The summed E-state index contributed by atoms with van der Waals surface area (Å²) >= 11 is 1.41. The second kappa shape index (κ2) is 16.3. The molecule has 1 unspecified atom stereocenters. The second-order valence-electron chi connectivity index (χ2n) is 11.1. The normalized spacial score (nSPS) is 11.6. The lowest BCUT2D eigenvalue weighted by atomic mass is 10.1. The summed E-state index contributed by atoms with van der Waals surface area (Å²) in [7, 11) is 3.03. The first-order chi connectivity index (χ1) is 23.7. The molecule has 3 amide bonds. The minimum absolute atomic E-state index is 0.00557. The summed E-state index contributed by atoms with van der Waals surface area (Å²) in [5, 5.41) is 8.17. The summed E-state index contributed by atoms with van der Waals surface area (Å²) in [6.45, 7) is 4.05. The van der Waals surface area contributed by atoms with Gasteiger partial charge >= 0.3 is 0 Å². The van der Waals surface area contributed by atoms with Gasteiger partial charge in [0.05, 0.1) is 14.2 Å². The Labute approximate surface area is 290 Å². The Hall–Kier alpha value is -5.80. The van der Waals surface area contributed by atoms with E-state index in [2.05, 4.69) is 16.0 Å². The number of para-hydroxylation sites is 1. The zero-order valence-corrected chi connectivity index (χ0v) is 28.5. The number of carbonyl (C=O) groups is 3. The Morgan fingerprint density at radius 3 is 2.02 bits per heavy atom. The third kappa shape index (κ3) is 8.97. The number of nitrogens with one attached hydrogen (secondary N) is 3. The number of methoxy groups -OCH3 is 2. The largest absolute Gasteiger partial charge is 0.493 e. The molecule has 0 aliphatic heterocycles. The maximum atomic E-state index is 13.7. The minimum Gasteiger partial charge on any atom is -0.493 e. The van der Waals surface area contributed by atoms with Gasteiger partial charge in [0, 0.05) is 27.4 Å². The molecule has 0 heterocycles. The third-order valence-corrected chi connectivity index (χ3v) is 9.01. The van der Waals surface area contributed by atoms with E-state index in [1.54, 1.807) is 60.7 Å². The van der Waals surface area contributed by atoms with Gasteiger partial charge in [0.15, 0.2) is 11.5 Å². The highest BCUT2D eigenvalue weighted by Gasteiger charge is 2.23. The Balaban J connectivity index is 1.36. The van der Waals surface area contributed by atoms with Crippen LogP contribution < -0.4 is 25.4 Å². The van der Waals surface area contributed by atoms with Gasteiger partial charge in [0.1, 0.15) is 10.9 Å². The molecule has 5 aromatic rings. The van der Waals surface area contributed by atoms with E-state index in [4.69, 9.17) is 9.47 Å². The number of thioether (sulfide) groups is 1. The molecule has 5 aromatic carbocycles. The number of benzene rings is 5. The zero-order valence-electron chi connectivity index (χ0n) is 27.7. The Morgan fingerprint density at radius 1 is 0.694 bits per heavy atom. The van der Waals surface area contributed by atoms with Crippen LogP contribution in [0.2, 0.25) is 0 Å². The number of carbonyl (C=O) groups excluding carboxylic acids is 3. The summed E-state index contributed by atoms with van der Waals surface area (Å²) in [5.41, 5.74) is 5.30. The van der Waals surface area contributed by atoms with Gasteiger partial charge in [-0.1, -0.05) is 66.7 Å². The van der Waals surface area contributed by atoms with Crippen molar-refractivity contribution in [3.05, 3.63) is 155 Å². The van der Waals surface area contributed by atoms with Gasteiger partial charge in [-0.25, -0.2) is 0 Å². The average molecular weight is 672 g/mol. The molecule has 8 nitrogen and oxygen atoms in total. The standard InChI is InChI=1S/C40H37N3O5S/c1-26-18-19-32(24-27(26)2)42-40(46)37(28-12-7-5-8-13-28)49-33-22-20-31(21-23-33)41-39(45)34(43-38(44)29-14-9-6-10-15-29)25-30-16-11-17-35(47-3)36(30)48-4/h5-25,37H,1-4H3,(H,41,45)(H,42,46)(H,43,44)/b34-25-. The number of amides is 3. The molecule has 0 saturated heterocycles. The van der Waals surface area contributed by atoms with E-state index in [-0.39, 0.29) is 11.6 Å². The molecule has 0 aromatic heterocycles. The molecule has 0 aliphatic carbocycles. The summed E-state index contributed by atoms with van der Waals surface area (Å²) in [6, 6.07) is 36.6. The topological polar surface area (TPSA) is 106 Å². The van der Waals surface area contributed by atoms with Crippen molar-refractivity contribution in [1.82, 2.24) is 5.32 Å². The quantitative estimate of drug-likeness (QED) is 0.0913. The fourth-order valence-corrected chi connectivity index (χ4v) is 6.03. The predicted octanol–water partition coefficient (Wildman–Crippen LogP) is 8.20. The number of anilines is 2. The summed E-state index contributed by atoms with van der Waals surface area (Å²) in [5.74, 6) is -0.227. The van der Waals surface area contributed by atoms with Gasteiger partial charge in [-0.2, -0.15) is 0 Å². The average Bonchev–Trinajstić information content (AvgIpc) is 3.13. The van der Waals surface area contributed by atoms with E-state index < -0.39 is 17.1 Å². The molecular formula is C40H37N3O5S. The first-order valence-corrected chi connectivity index (χ1v) is 16.4. The van der Waals surface area contributed by atoms with E-state index in [1.807, 2.05) is 80.6 Å². The second-order valence-corrected chi connectivity index (χ2v) is 12.3. The lowest BCUT2D eigenvalue weighted by Gasteiger charge is -2.18. The van der Waals surface area contributed by atoms with Crippen molar-refractivity contribution in [3.8, 4) is 11.5 Å². The highest BCUT2D eigenvalue weighted by atomic mass is 32.2. The van der Waals surface area contributed by atoms with Crippen molar-refractivity contribution < 1.29 is 23.9 Å². The van der Waals surface area contributed by atoms with Crippen LogP contribution in [0.3, 0.4) is 0 Å². The maximum absolute atomic E-state index is 13.7. The number of aryl methyl sites for hydroxylation is 2. The van der Waals surface area contributed by atoms with Crippen molar-refractivity contribution in [2.45, 2.75) is 24.0 Å². The summed E-state index contributed by atoms with van der Waals surface area (Å²) in [6.07, 6.45) is 1.54. The van der Waals surface area contributed by atoms with E-state index in [0.717, 1.165) is 27.3 Å². The van der Waals surface area contributed by atoms with Crippen LogP contribution in [0, 0.1) is 13.8 Å². The van der Waals surface area contributed by atoms with Crippen molar-refractivity contribution in [2.24, 2.45) is 0 Å². The zero-order chi connectivity index (χ0) is 34.8. The van der Waals surface area contributed by atoms with Crippen molar-refractivity contribution in [3.63, 3.8) is 0 Å². The minimum atomic E-state index is -0.538. The molecule has 248 valence electrons. The van der Waals surface area contributed by atoms with Gasteiger partial charge < -0.3 is 25.4 Å². The van der Waals surface area contributed by atoms with Crippen molar-refractivity contribution in [1.29, 1.82) is 0 Å². The number of ether oxygens (including phenoxy) is 2. The molecule has 49 heavy (non-hydrogen) atoms. The Bertz CT molecular complexity index is 1960. The monoisotopic (exact) mass is 671 g/mol. The fraction of sp³-hybridized carbons (Fsp3) is 0.125. The first-order valence-electron chi connectivity index (χ1n) is 15.6. The highest BCUT2D eigenvalue weighted by molar-refractivity contribution is 8.00. The first kappa shape index (κ1) is 34.5. The molecule has 5 rings (SSSR count). The third-order valence-electron chi connectivity index (χ3n) is 7.74. The predicted molar refractivity (Wildman–Crippen MR) is 196 cm³/mol. The number of hydrogen-bond donors (Lipinski definition) is 3. The van der Waals surface area contributed by atoms with Gasteiger partial charge in [-0.05, 0) is 91.2 Å². The Kier molecular flexibility index (Phi) is 11.5. The van der Waals surface area contributed by atoms with Crippen LogP contribution in [-0.2, 0) is 9.59 Å². The molecular weight excluding hydrogens is 635 g/mol. The summed E-state index contributed by atoms with van der Waals surface area (Å²) in [4.78, 5) is 41.2. The lowest BCUT2D eigenvalue weighted by molar-refractivity contribution is -0.116. The molecule has 0 radical (unpaired) electrons. The van der Waals surface area contributed by atoms with E-state index in [1.165, 1.54) is 26.0 Å². The smallest absolute Gasteiger partial charge is 0.272 e. The molecule has 9 heteroatoms. The van der Waals surface area contributed by atoms with Crippen molar-refractivity contribution >= 4 is 46.9 Å². The van der Waals surface area contributed by atoms with Crippen LogP contribution in [0.15, 0.2) is 132 Å². The fourth-order valence-electron chi connectivity index (χ4n) is 5.00. The van der Waals surface area contributed by atoms with E-state index >= 15 is 0 Å². The highest BCUT2D eigenvalue weighted by Crippen LogP contribution is 2.37. The van der Waals surface area contributed by atoms with Crippen LogP contribution in [0.4, 0.5) is 11.4 Å². The number of hydrogen-bond acceptors (Lipinski definition) is 6. The van der Waals surface area contributed by atoms with Gasteiger partial charge in [0.25, 0.3) is 11.8 Å². The maximum Gasteiger partial charge on any atom is 0.272 e. The van der Waals surface area contributed by atoms with E-state index in [0.29, 0.717) is 28.3 Å². The van der Waals surface area contributed by atoms with E-state index in [9.17, 15) is 14.4 Å². The Morgan fingerprint density at radius 2 is 1.37 bits per heavy atom. The molecule has 0 saturated carbocycles. The van der Waals surface area contributed by atoms with Crippen LogP contribution in [0.5, 0.6) is 11.5 Å². The molecule has 0 aliphatic rings. The molecule has 0 bridgehead atoms. The van der Waals surface area contributed by atoms with Gasteiger partial charge in [-0.15, -0.1) is 11.8 Å². The number of rotatable bonds is 12. The molecule has 0 spiro atoms. The molecule has 1 atom stereocenters. The summed E-state index contributed by atoms with van der Waals surface area (Å²) < 4.78 is 11.0. The van der Waals surface area contributed by atoms with Crippen LogP contribution in [0.25, 0.3) is 6.08 Å². The van der Waals surface area contributed by atoms with Crippen LogP contribution in [0.1, 0.15) is 37.9 Å². The van der Waals surface area contributed by atoms with Crippen LogP contribution in [-0.4, -0.2) is 31.9 Å². The van der Waals surface area contributed by atoms with Gasteiger partial charge in [-0.3, -0.25) is 14.4 Å². The lowest BCUT2D eigenvalue weighted by Crippen LogP contribution is -2.30. The SMILES string of the molecule is COc1cccc(/C=C(\NC(=O)c2ccccc2)C(=O)Nc2ccc(SC(C(=O)Nc3ccc(C)c(C)c3)c3ccccc3)cc2)c1OC. The van der Waals surface area contributed by atoms with Crippen LogP contribution >= 0.6 is 11.8 Å². The molecule has 3 N–H and O–H groups in total.